The number of nitriles is 1. The van der Waals surface area contributed by atoms with E-state index in [9.17, 15) is 0 Å². The highest BCUT2D eigenvalue weighted by atomic mass is 32.1. The van der Waals surface area contributed by atoms with E-state index in [0.717, 1.165) is 37.0 Å². The van der Waals surface area contributed by atoms with Gasteiger partial charge < -0.3 is 9.80 Å². The van der Waals surface area contributed by atoms with Crippen LogP contribution < -0.4 is 9.80 Å². The fraction of sp³-hybridized carbons (Fsp3) is 0.308. The van der Waals surface area contributed by atoms with Gasteiger partial charge in [0.15, 0.2) is 5.13 Å². The van der Waals surface area contributed by atoms with E-state index < -0.39 is 0 Å². The normalized spacial score (nSPS) is 15.3. The molecule has 0 atom stereocenters. The fourth-order valence-electron chi connectivity index (χ4n) is 2.21. The minimum Gasteiger partial charge on any atom is -0.368 e. The number of hydrogen-bond donors (Lipinski definition) is 0. The molecule has 96 valence electrons. The first-order chi connectivity index (χ1) is 9.36. The lowest BCUT2D eigenvalue weighted by molar-refractivity contribution is 0.652. The molecule has 1 aliphatic heterocycles. The molecule has 1 fully saturated rings. The van der Waals surface area contributed by atoms with Gasteiger partial charge in [-0.3, -0.25) is 0 Å². The Labute approximate surface area is 115 Å². The first kappa shape index (κ1) is 11.9. The number of rotatable bonds is 2. The second-order valence-electron chi connectivity index (χ2n) is 4.30. The summed E-state index contributed by atoms with van der Waals surface area (Å²) in [6, 6.07) is 5.89. The van der Waals surface area contributed by atoms with Gasteiger partial charge >= 0.3 is 0 Å². The summed E-state index contributed by atoms with van der Waals surface area (Å²) in [4.78, 5) is 12.9. The quantitative estimate of drug-likeness (QED) is 0.832. The zero-order chi connectivity index (χ0) is 13.1. The van der Waals surface area contributed by atoms with Gasteiger partial charge in [-0.2, -0.15) is 5.26 Å². The molecule has 6 heteroatoms. The first-order valence-electron chi connectivity index (χ1n) is 6.12. The van der Waals surface area contributed by atoms with E-state index >= 15 is 0 Å². The lowest BCUT2D eigenvalue weighted by atomic mass is 10.2. The standard InChI is InChI=1S/C13H13N5S/c14-10-11-9-12(1-2-15-11)17-4-6-18(7-5-17)13-16-3-8-19-13/h1-3,8-9H,4-7H2. The zero-order valence-electron chi connectivity index (χ0n) is 10.4. The molecule has 0 spiro atoms. The van der Waals surface area contributed by atoms with E-state index in [1.807, 2.05) is 23.7 Å². The summed E-state index contributed by atoms with van der Waals surface area (Å²) in [5, 5.41) is 12.0. The van der Waals surface area contributed by atoms with Gasteiger partial charge in [-0.05, 0) is 12.1 Å². The molecular weight excluding hydrogens is 258 g/mol. The summed E-state index contributed by atoms with van der Waals surface area (Å²) in [6.07, 6.45) is 3.54. The zero-order valence-corrected chi connectivity index (χ0v) is 11.2. The van der Waals surface area contributed by atoms with Crippen LogP contribution in [0.15, 0.2) is 29.9 Å². The molecule has 19 heavy (non-hydrogen) atoms. The third-order valence-corrected chi connectivity index (χ3v) is 4.02. The summed E-state index contributed by atoms with van der Waals surface area (Å²) in [5.41, 5.74) is 1.55. The van der Waals surface area contributed by atoms with Crippen LogP contribution in [0.25, 0.3) is 0 Å². The number of thiazole rings is 1. The Kier molecular flexibility index (Phi) is 3.29. The molecule has 0 N–H and O–H groups in total. The molecule has 2 aromatic heterocycles. The maximum absolute atomic E-state index is 8.88. The predicted octanol–water partition coefficient (Wildman–Crippen LogP) is 1.74. The van der Waals surface area contributed by atoms with Crippen molar-refractivity contribution >= 4 is 22.2 Å². The van der Waals surface area contributed by atoms with Crippen LogP contribution >= 0.6 is 11.3 Å². The molecule has 0 aliphatic carbocycles. The van der Waals surface area contributed by atoms with Crippen molar-refractivity contribution in [2.75, 3.05) is 36.0 Å². The van der Waals surface area contributed by atoms with Crippen LogP contribution in [-0.4, -0.2) is 36.1 Å². The molecular formula is C13H13N5S. The largest absolute Gasteiger partial charge is 0.368 e. The molecule has 0 radical (unpaired) electrons. The van der Waals surface area contributed by atoms with Crippen LogP contribution in [0.4, 0.5) is 10.8 Å². The molecule has 3 rings (SSSR count). The number of piperazine rings is 1. The number of aromatic nitrogens is 2. The molecule has 0 amide bonds. The molecule has 2 aromatic rings. The number of nitrogens with zero attached hydrogens (tertiary/aromatic N) is 5. The van der Waals surface area contributed by atoms with Crippen molar-refractivity contribution in [3.63, 3.8) is 0 Å². The predicted molar refractivity (Wildman–Crippen MR) is 75.5 cm³/mol. The summed E-state index contributed by atoms with van der Waals surface area (Å²) in [7, 11) is 0. The van der Waals surface area contributed by atoms with Crippen LogP contribution in [0.5, 0.6) is 0 Å². The second kappa shape index (κ2) is 5.24. The van der Waals surface area contributed by atoms with Crippen molar-refractivity contribution in [3.8, 4) is 6.07 Å². The molecule has 3 heterocycles. The third kappa shape index (κ3) is 2.51. The van der Waals surface area contributed by atoms with Gasteiger partial charge in [-0.25, -0.2) is 9.97 Å². The molecule has 0 bridgehead atoms. The van der Waals surface area contributed by atoms with Crippen LogP contribution in [-0.2, 0) is 0 Å². The lowest BCUT2D eigenvalue weighted by Gasteiger charge is -2.35. The fourth-order valence-corrected chi connectivity index (χ4v) is 2.90. The van der Waals surface area contributed by atoms with Gasteiger partial charge in [-0.15, -0.1) is 11.3 Å². The summed E-state index contributed by atoms with van der Waals surface area (Å²) in [6.45, 7) is 3.79. The highest BCUT2D eigenvalue weighted by Crippen LogP contribution is 2.22. The van der Waals surface area contributed by atoms with Gasteiger partial charge in [-0.1, -0.05) is 0 Å². The maximum Gasteiger partial charge on any atom is 0.185 e. The first-order valence-corrected chi connectivity index (χ1v) is 7.00. The summed E-state index contributed by atoms with van der Waals surface area (Å²) < 4.78 is 0. The minimum absolute atomic E-state index is 0.472. The maximum atomic E-state index is 8.88. The van der Waals surface area contributed by atoms with E-state index in [0.29, 0.717) is 5.69 Å². The lowest BCUT2D eigenvalue weighted by Crippen LogP contribution is -2.46. The Morgan fingerprint density at radius 2 is 1.89 bits per heavy atom. The van der Waals surface area contributed by atoms with Gasteiger partial charge in [0.2, 0.25) is 0 Å². The average molecular weight is 271 g/mol. The molecule has 1 saturated heterocycles. The van der Waals surface area contributed by atoms with E-state index in [1.165, 1.54) is 0 Å². The van der Waals surface area contributed by atoms with Gasteiger partial charge in [0.05, 0.1) is 0 Å². The molecule has 0 unspecified atom stereocenters. The van der Waals surface area contributed by atoms with Gasteiger partial charge in [0.1, 0.15) is 11.8 Å². The third-order valence-electron chi connectivity index (χ3n) is 3.19. The summed E-state index contributed by atoms with van der Waals surface area (Å²) >= 11 is 1.68. The molecule has 0 aromatic carbocycles. The Bertz CT molecular complexity index is 581. The van der Waals surface area contributed by atoms with Crippen LogP contribution in [0.1, 0.15) is 5.69 Å². The Morgan fingerprint density at radius 1 is 1.11 bits per heavy atom. The van der Waals surface area contributed by atoms with E-state index in [4.69, 9.17) is 5.26 Å². The van der Waals surface area contributed by atoms with Crippen molar-refractivity contribution in [2.24, 2.45) is 0 Å². The average Bonchev–Trinajstić information content (AvgIpc) is 3.02. The Morgan fingerprint density at radius 3 is 2.58 bits per heavy atom. The smallest absolute Gasteiger partial charge is 0.185 e. The highest BCUT2D eigenvalue weighted by molar-refractivity contribution is 7.13. The van der Waals surface area contributed by atoms with Crippen molar-refractivity contribution in [2.45, 2.75) is 0 Å². The van der Waals surface area contributed by atoms with Crippen molar-refractivity contribution in [3.05, 3.63) is 35.6 Å². The van der Waals surface area contributed by atoms with Gasteiger partial charge in [0.25, 0.3) is 0 Å². The van der Waals surface area contributed by atoms with E-state index in [2.05, 4.69) is 25.8 Å². The minimum atomic E-state index is 0.472. The highest BCUT2D eigenvalue weighted by Gasteiger charge is 2.19. The molecule has 0 saturated carbocycles. The Balaban J connectivity index is 1.68. The number of pyridine rings is 1. The van der Waals surface area contributed by atoms with Crippen molar-refractivity contribution in [1.82, 2.24) is 9.97 Å². The topological polar surface area (TPSA) is 56.1 Å². The second-order valence-corrected chi connectivity index (χ2v) is 5.17. The molecule has 1 aliphatic rings. The summed E-state index contributed by atoms with van der Waals surface area (Å²) in [5.74, 6) is 0. The number of hydrogen-bond acceptors (Lipinski definition) is 6. The van der Waals surface area contributed by atoms with Crippen LogP contribution in [0.2, 0.25) is 0 Å². The number of anilines is 2. The van der Waals surface area contributed by atoms with Gasteiger partial charge in [0, 0.05) is 49.6 Å². The monoisotopic (exact) mass is 271 g/mol. The van der Waals surface area contributed by atoms with Crippen molar-refractivity contribution in [1.29, 1.82) is 5.26 Å². The van der Waals surface area contributed by atoms with Crippen LogP contribution in [0, 0.1) is 11.3 Å². The van der Waals surface area contributed by atoms with Crippen molar-refractivity contribution < 1.29 is 0 Å². The van der Waals surface area contributed by atoms with E-state index in [1.54, 1.807) is 17.5 Å². The molecule has 5 nitrogen and oxygen atoms in total. The Hall–Kier alpha value is -2.13. The SMILES string of the molecule is N#Cc1cc(N2CCN(c3nccs3)CC2)ccn1. The van der Waals surface area contributed by atoms with E-state index in [-0.39, 0.29) is 0 Å². The van der Waals surface area contributed by atoms with Crippen LogP contribution in [0.3, 0.4) is 0 Å².